The van der Waals surface area contributed by atoms with E-state index in [0.717, 1.165) is 18.4 Å². The number of rotatable bonds is 1. The molecule has 1 heterocycles. The largest absolute Gasteiger partial charge is 0.398 e. The van der Waals surface area contributed by atoms with Crippen LogP contribution in [0, 0.1) is 6.92 Å². The number of likely N-dealkylation sites (tertiary alicyclic amines) is 1. The number of β-amino-alcohol motifs (C(OH)–C–C–N with tert-alkyl or cyclic N) is 1. The van der Waals surface area contributed by atoms with Crippen LogP contribution < -0.4 is 5.73 Å². The smallest absolute Gasteiger partial charge is 0.256 e. The molecular formula is C13H18N2O2. The van der Waals surface area contributed by atoms with Crippen molar-refractivity contribution < 1.29 is 9.90 Å². The Kier molecular flexibility index (Phi) is 3.33. The first-order chi connectivity index (χ1) is 8.09. The number of anilines is 1. The van der Waals surface area contributed by atoms with Crippen LogP contribution in [0.25, 0.3) is 0 Å². The van der Waals surface area contributed by atoms with Crippen LogP contribution in [0.3, 0.4) is 0 Å². The van der Waals surface area contributed by atoms with Crippen LogP contribution in [-0.2, 0) is 0 Å². The fourth-order valence-electron chi connectivity index (χ4n) is 2.18. The van der Waals surface area contributed by atoms with Gasteiger partial charge in [-0.2, -0.15) is 0 Å². The molecule has 1 amide bonds. The number of amides is 1. The SMILES string of the molecule is Cc1cccc(C(=O)N2CCCC(O)C2)c1N. The van der Waals surface area contributed by atoms with Gasteiger partial charge in [0, 0.05) is 18.8 Å². The standard InChI is InChI=1S/C13H18N2O2/c1-9-4-2-6-11(12(9)14)13(17)15-7-3-5-10(16)8-15/h2,4,6,10,16H,3,5,7-8,14H2,1H3. The van der Waals surface area contributed by atoms with Gasteiger partial charge in [0.05, 0.1) is 11.7 Å². The van der Waals surface area contributed by atoms with Crippen LogP contribution >= 0.6 is 0 Å². The molecule has 1 aromatic rings. The van der Waals surface area contributed by atoms with Gasteiger partial charge >= 0.3 is 0 Å². The number of para-hydroxylation sites is 1. The number of hydrogen-bond acceptors (Lipinski definition) is 3. The van der Waals surface area contributed by atoms with Crippen molar-refractivity contribution in [2.45, 2.75) is 25.9 Å². The van der Waals surface area contributed by atoms with Gasteiger partial charge in [-0.1, -0.05) is 12.1 Å². The van der Waals surface area contributed by atoms with Gasteiger partial charge in [-0.25, -0.2) is 0 Å². The summed E-state index contributed by atoms with van der Waals surface area (Å²) in [6.45, 7) is 2.99. The average Bonchev–Trinajstić information content (AvgIpc) is 2.32. The molecule has 0 radical (unpaired) electrons. The Morgan fingerprint density at radius 2 is 2.29 bits per heavy atom. The lowest BCUT2D eigenvalue weighted by Gasteiger charge is -2.30. The summed E-state index contributed by atoms with van der Waals surface area (Å²) in [5, 5.41) is 9.57. The molecule has 0 spiro atoms. The number of aryl methyl sites for hydroxylation is 1. The second kappa shape index (κ2) is 4.75. The summed E-state index contributed by atoms with van der Waals surface area (Å²) in [6, 6.07) is 5.46. The lowest BCUT2D eigenvalue weighted by molar-refractivity contribution is 0.0474. The van der Waals surface area contributed by atoms with E-state index in [-0.39, 0.29) is 5.91 Å². The van der Waals surface area contributed by atoms with E-state index in [4.69, 9.17) is 5.73 Å². The molecule has 17 heavy (non-hydrogen) atoms. The van der Waals surface area contributed by atoms with Crippen LogP contribution in [0.5, 0.6) is 0 Å². The lowest BCUT2D eigenvalue weighted by atomic mass is 10.0. The number of hydrogen-bond donors (Lipinski definition) is 2. The maximum absolute atomic E-state index is 12.3. The minimum absolute atomic E-state index is 0.0787. The zero-order valence-electron chi connectivity index (χ0n) is 10.0. The zero-order chi connectivity index (χ0) is 12.4. The van der Waals surface area contributed by atoms with Crippen LogP contribution in [-0.4, -0.2) is 35.1 Å². The Hall–Kier alpha value is -1.55. The molecule has 1 aliphatic rings. The molecule has 2 rings (SSSR count). The average molecular weight is 234 g/mol. The summed E-state index contributed by atoms with van der Waals surface area (Å²) in [5.41, 5.74) is 7.91. The first kappa shape index (κ1) is 11.9. The van der Waals surface area contributed by atoms with E-state index < -0.39 is 6.10 Å². The Bertz CT molecular complexity index is 431. The number of nitrogens with zero attached hydrogens (tertiary/aromatic N) is 1. The van der Waals surface area contributed by atoms with E-state index >= 15 is 0 Å². The molecule has 1 aromatic carbocycles. The van der Waals surface area contributed by atoms with Crippen LogP contribution in [0.15, 0.2) is 18.2 Å². The Morgan fingerprint density at radius 1 is 1.53 bits per heavy atom. The number of aliphatic hydroxyl groups excluding tert-OH is 1. The van der Waals surface area contributed by atoms with Crippen molar-refractivity contribution >= 4 is 11.6 Å². The molecule has 0 saturated carbocycles. The molecule has 3 N–H and O–H groups in total. The first-order valence-corrected chi connectivity index (χ1v) is 5.92. The van der Waals surface area contributed by atoms with Crippen molar-refractivity contribution in [3.05, 3.63) is 29.3 Å². The van der Waals surface area contributed by atoms with Crippen LogP contribution in [0.4, 0.5) is 5.69 Å². The molecular weight excluding hydrogens is 216 g/mol. The normalized spacial score (nSPS) is 20.4. The van der Waals surface area contributed by atoms with Gasteiger partial charge < -0.3 is 15.7 Å². The number of carbonyl (C=O) groups excluding carboxylic acids is 1. The van der Waals surface area contributed by atoms with Crippen molar-refractivity contribution in [1.82, 2.24) is 4.90 Å². The molecule has 0 aromatic heterocycles. The van der Waals surface area contributed by atoms with Crippen molar-refractivity contribution in [3.8, 4) is 0 Å². The highest BCUT2D eigenvalue weighted by molar-refractivity contribution is 5.99. The van der Waals surface area contributed by atoms with E-state index in [2.05, 4.69) is 0 Å². The summed E-state index contributed by atoms with van der Waals surface area (Å²) < 4.78 is 0. The molecule has 92 valence electrons. The Morgan fingerprint density at radius 3 is 3.00 bits per heavy atom. The molecule has 4 nitrogen and oxygen atoms in total. The third kappa shape index (κ3) is 2.42. The molecule has 1 fully saturated rings. The highest BCUT2D eigenvalue weighted by atomic mass is 16.3. The Labute approximate surface area is 101 Å². The van der Waals surface area contributed by atoms with Gasteiger partial charge in [0.1, 0.15) is 0 Å². The second-order valence-corrected chi connectivity index (χ2v) is 4.58. The third-order valence-electron chi connectivity index (χ3n) is 3.24. The van der Waals surface area contributed by atoms with E-state index in [1.54, 1.807) is 11.0 Å². The van der Waals surface area contributed by atoms with Crippen molar-refractivity contribution in [3.63, 3.8) is 0 Å². The predicted molar refractivity (Wildman–Crippen MR) is 66.7 cm³/mol. The minimum atomic E-state index is -0.404. The number of nitrogens with two attached hydrogens (primary N) is 1. The van der Waals surface area contributed by atoms with Crippen LogP contribution in [0.1, 0.15) is 28.8 Å². The van der Waals surface area contributed by atoms with Crippen molar-refractivity contribution in [1.29, 1.82) is 0 Å². The number of benzene rings is 1. The van der Waals surface area contributed by atoms with Crippen LogP contribution in [0.2, 0.25) is 0 Å². The van der Waals surface area contributed by atoms with E-state index in [0.29, 0.717) is 24.3 Å². The second-order valence-electron chi connectivity index (χ2n) is 4.58. The van der Waals surface area contributed by atoms with Gasteiger partial charge in [-0.05, 0) is 31.4 Å². The van der Waals surface area contributed by atoms with Gasteiger partial charge in [0.2, 0.25) is 0 Å². The number of piperidine rings is 1. The Balaban J connectivity index is 2.22. The quantitative estimate of drug-likeness (QED) is 0.717. The molecule has 0 aliphatic carbocycles. The maximum Gasteiger partial charge on any atom is 0.256 e. The van der Waals surface area contributed by atoms with Gasteiger partial charge in [-0.15, -0.1) is 0 Å². The molecule has 4 heteroatoms. The van der Waals surface area contributed by atoms with Gasteiger partial charge in [0.15, 0.2) is 0 Å². The fraction of sp³-hybridized carbons (Fsp3) is 0.462. The molecule has 1 saturated heterocycles. The topological polar surface area (TPSA) is 66.6 Å². The first-order valence-electron chi connectivity index (χ1n) is 5.92. The minimum Gasteiger partial charge on any atom is -0.398 e. The highest BCUT2D eigenvalue weighted by Crippen LogP contribution is 2.20. The summed E-state index contributed by atoms with van der Waals surface area (Å²) >= 11 is 0. The number of aliphatic hydroxyl groups is 1. The highest BCUT2D eigenvalue weighted by Gasteiger charge is 2.24. The fourth-order valence-corrected chi connectivity index (χ4v) is 2.18. The maximum atomic E-state index is 12.3. The predicted octanol–water partition coefficient (Wildman–Crippen LogP) is 1.17. The number of carbonyl (C=O) groups is 1. The summed E-state index contributed by atoms with van der Waals surface area (Å²) in [6.07, 6.45) is 1.21. The molecule has 1 atom stereocenters. The third-order valence-corrected chi connectivity index (χ3v) is 3.24. The van der Waals surface area contributed by atoms with E-state index in [1.807, 2.05) is 19.1 Å². The molecule has 1 aliphatic heterocycles. The number of nitrogen functional groups attached to an aromatic ring is 1. The lowest BCUT2D eigenvalue weighted by Crippen LogP contribution is -2.42. The van der Waals surface area contributed by atoms with Gasteiger partial charge in [-0.3, -0.25) is 4.79 Å². The van der Waals surface area contributed by atoms with Crippen molar-refractivity contribution in [2.24, 2.45) is 0 Å². The zero-order valence-corrected chi connectivity index (χ0v) is 10.0. The van der Waals surface area contributed by atoms with Gasteiger partial charge in [0.25, 0.3) is 5.91 Å². The molecule has 0 bridgehead atoms. The summed E-state index contributed by atoms with van der Waals surface area (Å²) in [4.78, 5) is 13.9. The monoisotopic (exact) mass is 234 g/mol. The van der Waals surface area contributed by atoms with E-state index in [1.165, 1.54) is 0 Å². The molecule has 1 unspecified atom stereocenters. The van der Waals surface area contributed by atoms with Crippen molar-refractivity contribution in [2.75, 3.05) is 18.8 Å². The summed E-state index contributed by atoms with van der Waals surface area (Å²) in [7, 11) is 0. The summed E-state index contributed by atoms with van der Waals surface area (Å²) in [5.74, 6) is -0.0787. The van der Waals surface area contributed by atoms with E-state index in [9.17, 15) is 9.90 Å².